The van der Waals surface area contributed by atoms with Crippen molar-refractivity contribution in [2.45, 2.75) is 31.0 Å². The minimum absolute atomic E-state index is 0.0410. The van der Waals surface area contributed by atoms with Crippen molar-refractivity contribution in [2.24, 2.45) is 0 Å². The van der Waals surface area contributed by atoms with Crippen LogP contribution < -0.4 is 10.1 Å². The molecule has 1 N–H and O–H groups in total. The molecule has 0 saturated carbocycles. The standard InChI is InChI=1S/C27H25N3O4S2/c1-3-34-20-12-13-22-24(14-20)35-27(28-22)29-26(31)16-30-15-25(21-6-4-5-7-23(21)30)36(32,33)17-19-10-8-18(2)9-11-19/h4-15H,3,16-17H2,1-2H3,(H,28,29,31). The molecule has 0 fully saturated rings. The summed E-state index contributed by atoms with van der Waals surface area (Å²) >= 11 is 1.36. The van der Waals surface area contributed by atoms with Crippen LogP contribution in [0.5, 0.6) is 5.75 Å². The molecule has 0 bridgehead atoms. The summed E-state index contributed by atoms with van der Waals surface area (Å²) in [5.74, 6) is 0.357. The van der Waals surface area contributed by atoms with Crippen molar-refractivity contribution in [3.63, 3.8) is 0 Å². The number of ether oxygens (including phenoxy) is 1. The van der Waals surface area contributed by atoms with Crippen LogP contribution in [0.3, 0.4) is 0 Å². The third-order valence-electron chi connectivity index (χ3n) is 5.80. The topological polar surface area (TPSA) is 90.3 Å². The smallest absolute Gasteiger partial charge is 0.246 e. The molecular formula is C27H25N3O4S2. The molecule has 3 aromatic carbocycles. The minimum Gasteiger partial charge on any atom is -0.494 e. The number of rotatable bonds is 8. The van der Waals surface area contributed by atoms with Crippen molar-refractivity contribution in [3.8, 4) is 5.75 Å². The second kappa shape index (κ2) is 9.75. The maximum atomic E-state index is 13.3. The van der Waals surface area contributed by atoms with Crippen molar-refractivity contribution in [2.75, 3.05) is 11.9 Å². The Bertz CT molecular complexity index is 1670. The average molecular weight is 520 g/mol. The van der Waals surface area contributed by atoms with Gasteiger partial charge in [-0.3, -0.25) is 4.79 Å². The van der Waals surface area contributed by atoms with Gasteiger partial charge in [0.1, 0.15) is 12.3 Å². The molecule has 2 heterocycles. The minimum atomic E-state index is -3.63. The average Bonchev–Trinajstić information content (AvgIpc) is 3.42. The van der Waals surface area contributed by atoms with Gasteiger partial charge in [-0.05, 0) is 43.7 Å². The number of thiazole rings is 1. The van der Waals surface area contributed by atoms with Crippen LogP contribution in [0.15, 0.2) is 77.8 Å². The Labute approximate surface area is 213 Å². The fourth-order valence-electron chi connectivity index (χ4n) is 4.10. The molecule has 0 atom stereocenters. The van der Waals surface area contributed by atoms with Gasteiger partial charge in [0, 0.05) is 17.1 Å². The van der Waals surface area contributed by atoms with E-state index >= 15 is 0 Å². The summed E-state index contributed by atoms with van der Waals surface area (Å²) in [6, 6.07) is 20.3. The maximum absolute atomic E-state index is 13.3. The molecular weight excluding hydrogens is 494 g/mol. The first-order valence-electron chi connectivity index (χ1n) is 11.5. The number of anilines is 1. The van der Waals surface area contributed by atoms with E-state index in [4.69, 9.17) is 4.74 Å². The molecule has 0 radical (unpaired) electrons. The summed E-state index contributed by atoms with van der Waals surface area (Å²) in [5.41, 5.74) is 3.25. The van der Waals surface area contributed by atoms with Gasteiger partial charge in [-0.2, -0.15) is 0 Å². The molecule has 0 aliphatic rings. The van der Waals surface area contributed by atoms with Gasteiger partial charge in [0.25, 0.3) is 0 Å². The third-order valence-corrected chi connectivity index (χ3v) is 8.44. The highest BCUT2D eigenvalue weighted by Crippen LogP contribution is 2.30. The van der Waals surface area contributed by atoms with Gasteiger partial charge < -0.3 is 14.6 Å². The van der Waals surface area contributed by atoms with E-state index in [0.717, 1.165) is 27.1 Å². The number of sulfone groups is 1. The highest BCUT2D eigenvalue weighted by atomic mass is 32.2. The molecule has 7 nitrogen and oxygen atoms in total. The van der Waals surface area contributed by atoms with Crippen LogP contribution in [0.25, 0.3) is 21.1 Å². The molecule has 9 heteroatoms. The molecule has 0 aliphatic heterocycles. The van der Waals surface area contributed by atoms with Crippen LogP contribution in [0, 0.1) is 6.92 Å². The maximum Gasteiger partial charge on any atom is 0.246 e. The number of hydrogen-bond donors (Lipinski definition) is 1. The van der Waals surface area contributed by atoms with E-state index in [1.165, 1.54) is 11.3 Å². The highest BCUT2D eigenvalue weighted by molar-refractivity contribution is 7.90. The second-order valence-corrected chi connectivity index (χ2v) is 11.5. The summed E-state index contributed by atoms with van der Waals surface area (Å²) < 4.78 is 34.8. The van der Waals surface area contributed by atoms with Crippen molar-refractivity contribution >= 4 is 53.3 Å². The van der Waals surface area contributed by atoms with Gasteiger partial charge in [-0.1, -0.05) is 59.4 Å². The van der Waals surface area contributed by atoms with Crippen molar-refractivity contribution in [1.29, 1.82) is 0 Å². The Morgan fingerprint density at radius 1 is 1.08 bits per heavy atom. The van der Waals surface area contributed by atoms with E-state index in [2.05, 4.69) is 10.3 Å². The number of para-hydroxylation sites is 1. The van der Waals surface area contributed by atoms with Gasteiger partial charge in [-0.15, -0.1) is 0 Å². The Balaban J connectivity index is 1.39. The lowest BCUT2D eigenvalue weighted by atomic mass is 10.2. The largest absolute Gasteiger partial charge is 0.494 e. The number of carbonyl (C=O) groups excluding carboxylic acids is 1. The zero-order chi connectivity index (χ0) is 25.3. The predicted molar refractivity (Wildman–Crippen MR) is 143 cm³/mol. The highest BCUT2D eigenvalue weighted by Gasteiger charge is 2.22. The first-order valence-corrected chi connectivity index (χ1v) is 14.0. The van der Waals surface area contributed by atoms with Crippen LogP contribution >= 0.6 is 11.3 Å². The van der Waals surface area contributed by atoms with Gasteiger partial charge in [-0.25, -0.2) is 13.4 Å². The molecule has 0 spiro atoms. The molecule has 0 aliphatic carbocycles. The Kier molecular flexibility index (Phi) is 6.51. The van der Waals surface area contributed by atoms with Crippen LogP contribution in [-0.4, -0.2) is 30.5 Å². The van der Waals surface area contributed by atoms with E-state index in [-0.39, 0.29) is 23.1 Å². The summed E-state index contributed by atoms with van der Waals surface area (Å²) in [7, 11) is -3.63. The first-order chi connectivity index (χ1) is 17.3. The predicted octanol–water partition coefficient (Wildman–Crippen LogP) is 5.57. The van der Waals surface area contributed by atoms with Crippen molar-refractivity contribution < 1.29 is 17.9 Å². The van der Waals surface area contributed by atoms with E-state index in [0.29, 0.717) is 22.6 Å². The molecule has 5 rings (SSSR count). The molecule has 1 amide bonds. The van der Waals surface area contributed by atoms with Crippen LogP contribution in [0.2, 0.25) is 0 Å². The zero-order valence-corrected chi connectivity index (χ0v) is 21.5. The SMILES string of the molecule is CCOc1ccc2nc(NC(=O)Cn3cc(S(=O)(=O)Cc4ccc(C)cc4)c4ccccc43)sc2c1. The van der Waals surface area contributed by atoms with E-state index in [1.807, 2.05) is 68.4 Å². The lowest BCUT2D eigenvalue weighted by Crippen LogP contribution is -2.18. The van der Waals surface area contributed by atoms with E-state index < -0.39 is 9.84 Å². The number of hydrogen-bond acceptors (Lipinski definition) is 6. The fraction of sp³-hybridized carbons (Fsp3) is 0.185. The van der Waals surface area contributed by atoms with E-state index in [9.17, 15) is 13.2 Å². The number of nitrogens with zero attached hydrogens (tertiary/aromatic N) is 2. The molecule has 184 valence electrons. The normalized spacial score (nSPS) is 11.7. The van der Waals surface area contributed by atoms with Crippen LogP contribution in [-0.2, 0) is 26.9 Å². The summed E-state index contributed by atoms with van der Waals surface area (Å²) in [6.45, 7) is 4.41. The molecule has 2 aromatic heterocycles. The fourth-order valence-corrected chi connectivity index (χ4v) is 6.59. The van der Waals surface area contributed by atoms with Crippen molar-refractivity contribution in [1.82, 2.24) is 9.55 Å². The monoisotopic (exact) mass is 519 g/mol. The Hall–Kier alpha value is -3.69. The van der Waals surface area contributed by atoms with Crippen LogP contribution in [0.1, 0.15) is 18.1 Å². The second-order valence-electron chi connectivity index (χ2n) is 8.51. The van der Waals surface area contributed by atoms with Gasteiger partial charge in [0.15, 0.2) is 15.0 Å². The van der Waals surface area contributed by atoms with Gasteiger partial charge >= 0.3 is 0 Å². The first kappa shape index (κ1) is 24.0. The summed E-state index contributed by atoms with van der Waals surface area (Å²) in [4.78, 5) is 17.6. The molecule has 0 saturated heterocycles. The Morgan fingerprint density at radius 3 is 2.64 bits per heavy atom. The Morgan fingerprint density at radius 2 is 1.86 bits per heavy atom. The lowest BCUT2D eigenvalue weighted by molar-refractivity contribution is -0.116. The summed E-state index contributed by atoms with van der Waals surface area (Å²) in [5, 5.41) is 3.92. The number of benzene rings is 3. The molecule has 0 unspecified atom stereocenters. The van der Waals surface area contributed by atoms with Crippen LogP contribution in [0.4, 0.5) is 5.13 Å². The number of carbonyl (C=O) groups is 1. The number of amides is 1. The van der Waals surface area contributed by atoms with Crippen molar-refractivity contribution in [3.05, 3.63) is 84.1 Å². The summed E-state index contributed by atoms with van der Waals surface area (Å²) in [6.07, 6.45) is 1.56. The lowest BCUT2D eigenvalue weighted by Gasteiger charge is -2.05. The third kappa shape index (κ3) is 4.98. The quantitative estimate of drug-likeness (QED) is 0.289. The number of aromatic nitrogens is 2. The van der Waals surface area contributed by atoms with Gasteiger partial charge in [0.2, 0.25) is 5.91 Å². The number of aryl methyl sites for hydroxylation is 1. The molecule has 36 heavy (non-hydrogen) atoms. The zero-order valence-electron chi connectivity index (χ0n) is 19.9. The molecule has 5 aromatic rings. The van der Waals surface area contributed by atoms with Gasteiger partial charge in [0.05, 0.1) is 27.5 Å². The number of nitrogens with one attached hydrogen (secondary N) is 1. The number of fused-ring (bicyclic) bond motifs is 2. The van der Waals surface area contributed by atoms with E-state index in [1.54, 1.807) is 22.9 Å².